The van der Waals surface area contributed by atoms with E-state index in [-0.39, 0.29) is 0 Å². The van der Waals surface area contributed by atoms with Crippen LogP contribution in [0.3, 0.4) is 0 Å². The molecule has 2 heterocycles. The molecule has 0 saturated heterocycles. The first-order valence-electron chi connectivity index (χ1n) is 7.43. The molecule has 2 N–H and O–H groups in total. The van der Waals surface area contributed by atoms with Crippen LogP contribution in [0.4, 0.5) is 5.69 Å². The van der Waals surface area contributed by atoms with Crippen molar-refractivity contribution in [1.82, 2.24) is 0 Å². The number of aryl methyl sites for hydroxylation is 1. The molecule has 2 aromatic rings. The first-order chi connectivity index (χ1) is 9.81. The van der Waals surface area contributed by atoms with E-state index in [1.54, 1.807) is 0 Å². The largest absolute Gasteiger partial charge is 0.366 e. The summed E-state index contributed by atoms with van der Waals surface area (Å²) in [7, 11) is 0. The normalized spacial score (nSPS) is 17.5. The van der Waals surface area contributed by atoms with Crippen LogP contribution in [0.1, 0.15) is 34.6 Å². The molecular weight excluding hydrogens is 264 g/mol. The van der Waals surface area contributed by atoms with Crippen molar-refractivity contribution in [2.24, 2.45) is 5.73 Å². The molecule has 2 nitrogen and oxygen atoms in total. The average Bonchev–Trinajstić information content (AvgIpc) is 3.06. The second kappa shape index (κ2) is 5.98. The van der Waals surface area contributed by atoms with Gasteiger partial charge in [-0.3, -0.25) is 0 Å². The van der Waals surface area contributed by atoms with Crippen LogP contribution in [0.5, 0.6) is 0 Å². The van der Waals surface area contributed by atoms with Gasteiger partial charge in [-0.15, -0.1) is 11.3 Å². The van der Waals surface area contributed by atoms with Crippen LogP contribution < -0.4 is 10.6 Å². The molecule has 1 aromatic heterocycles. The molecule has 106 valence electrons. The fraction of sp³-hybridized carbons (Fsp3) is 0.412. The number of para-hydroxylation sites is 1. The highest BCUT2D eigenvalue weighted by Gasteiger charge is 2.27. The molecule has 0 bridgehead atoms. The number of anilines is 1. The third-order valence-corrected chi connectivity index (χ3v) is 5.30. The molecule has 0 spiro atoms. The lowest BCUT2D eigenvalue weighted by atomic mass is 9.98. The minimum absolute atomic E-state index is 0.599. The highest BCUT2D eigenvalue weighted by Crippen LogP contribution is 2.38. The fourth-order valence-corrected chi connectivity index (χ4v) is 4.04. The van der Waals surface area contributed by atoms with E-state index < -0.39 is 0 Å². The van der Waals surface area contributed by atoms with Crippen molar-refractivity contribution < 1.29 is 0 Å². The number of hydrogen-bond donors (Lipinski definition) is 1. The summed E-state index contributed by atoms with van der Waals surface area (Å²) in [6, 6.07) is 13.3. The van der Waals surface area contributed by atoms with Gasteiger partial charge in [0.1, 0.15) is 0 Å². The molecule has 0 aliphatic carbocycles. The third-order valence-electron chi connectivity index (χ3n) is 4.09. The number of nitrogens with two attached hydrogens (primary N) is 1. The predicted octanol–water partition coefficient (Wildman–Crippen LogP) is 3.76. The lowest BCUT2D eigenvalue weighted by Gasteiger charge is -2.19. The molecule has 1 aromatic carbocycles. The SMILES string of the molecule is CCc1ccc(CN2CC(CCN)c3ccccc32)s1. The van der Waals surface area contributed by atoms with Crippen LogP contribution in [-0.4, -0.2) is 13.1 Å². The lowest BCUT2D eigenvalue weighted by molar-refractivity contribution is 0.645. The summed E-state index contributed by atoms with van der Waals surface area (Å²) in [4.78, 5) is 5.46. The van der Waals surface area contributed by atoms with E-state index in [2.05, 4.69) is 48.2 Å². The number of hydrogen-bond acceptors (Lipinski definition) is 3. The minimum Gasteiger partial charge on any atom is -0.366 e. The summed E-state index contributed by atoms with van der Waals surface area (Å²) in [5.74, 6) is 0.599. The lowest BCUT2D eigenvalue weighted by Crippen LogP contribution is -2.21. The number of fused-ring (bicyclic) bond motifs is 1. The van der Waals surface area contributed by atoms with Gasteiger partial charge in [-0.2, -0.15) is 0 Å². The van der Waals surface area contributed by atoms with E-state index in [1.165, 1.54) is 21.0 Å². The molecule has 1 aliphatic heterocycles. The molecule has 0 saturated carbocycles. The molecule has 3 heteroatoms. The van der Waals surface area contributed by atoms with Gasteiger partial charge in [-0.1, -0.05) is 25.1 Å². The number of thiophene rings is 1. The standard InChI is InChI=1S/C17H22N2S/c1-2-14-7-8-15(20-14)12-19-11-13(9-10-18)16-5-3-4-6-17(16)19/h3-8,13H,2,9-12,18H2,1H3. The fourth-order valence-electron chi connectivity index (χ4n) is 3.07. The molecule has 0 fully saturated rings. The molecular formula is C17H22N2S. The molecule has 0 radical (unpaired) electrons. The maximum absolute atomic E-state index is 5.77. The Bertz CT molecular complexity index is 576. The highest BCUT2D eigenvalue weighted by atomic mass is 32.1. The van der Waals surface area contributed by atoms with Gasteiger partial charge in [0.25, 0.3) is 0 Å². The Balaban J connectivity index is 1.80. The Kier molecular flexibility index (Phi) is 4.08. The Hall–Kier alpha value is -1.32. The average molecular weight is 286 g/mol. The second-order valence-corrected chi connectivity index (χ2v) is 6.69. The first kappa shape index (κ1) is 13.7. The number of nitrogens with zero attached hydrogens (tertiary/aromatic N) is 1. The van der Waals surface area contributed by atoms with Crippen LogP contribution in [0.2, 0.25) is 0 Å². The van der Waals surface area contributed by atoms with Crippen molar-refractivity contribution in [3.05, 3.63) is 51.7 Å². The van der Waals surface area contributed by atoms with Crippen LogP contribution >= 0.6 is 11.3 Å². The van der Waals surface area contributed by atoms with Crippen molar-refractivity contribution >= 4 is 17.0 Å². The van der Waals surface area contributed by atoms with E-state index >= 15 is 0 Å². The van der Waals surface area contributed by atoms with Crippen molar-refractivity contribution in [1.29, 1.82) is 0 Å². The van der Waals surface area contributed by atoms with Gasteiger partial charge < -0.3 is 10.6 Å². The van der Waals surface area contributed by atoms with E-state index in [9.17, 15) is 0 Å². The zero-order valence-electron chi connectivity index (χ0n) is 12.0. The summed E-state index contributed by atoms with van der Waals surface area (Å²) in [6.07, 6.45) is 2.22. The van der Waals surface area contributed by atoms with Gasteiger partial charge in [0.15, 0.2) is 0 Å². The summed E-state index contributed by atoms with van der Waals surface area (Å²) in [6.45, 7) is 5.13. The molecule has 3 rings (SSSR count). The van der Waals surface area contributed by atoms with Crippen LogP contribution in [0.25, 0.3) is 0 Å². The van der Waals surface area contributed by atoms with Gasteiger partial charge >= 0.3 is 0 Å². The molecule has 20 heavy (non-hydrogen) atoms. The van der Waals surface area contributed by atoms with Gasteiger partial charge in [0.2, 0.25) is 0 Å². The van der Waals surface area contributed by atoms with Crippen molar-refractivity contribution in [3.8, 4) is 0 Å². The van der Waals surface area contributed by atoms with Crippen LogP contribution in [0.15, 0.2) is 36.4 Å². The van der Waals surface area contributed by atoms with Crippen molar-refractivity contribution in [2.75, 3.05) is 18.0 Å². The van der Waals surface area contributed by atoms with E-state index in [4.69, 9.17) is 5.73 Å². The summed E-state index contributed by atoms with van der Waals surface area (Å²) >= 11 is 1.94. The number of benzene rings is 1. The Morgan fingerprint density at radius 1 is 1.20 bits per heavy atom. The molecule has 1 atom stereocenters. The Morgan fingerprint density at radius 2 is 2.00 bits per heavy atom. The van der Waals surface area contributed by atoms with E-state index in [0.717, 1.165) is 32.5 Å². The van der Waals surface area contributed by atoms with Crippen LogP contribution in [-0.2, 0) is 13.0 Å². The number of rotatable bonds is 5. The van der Waals surface area contributed by atoms with Gasteiger partial charge in [-0.05, 0) is 43.1 Å². The zero-order valence-corrected chi connectivity index (χ0v) is 12.8. The summed E-state index contributed by atoms with van der Waals surface area (Å²) in [5, 5.41) is 0. The zero-order chi connectivity index (χ0) is 13.9. The second-order valence-electron chi connectivity index (χ2n) is 5.44. The smallest absolute Gasteiger partial charge is 0.0523 e. The topological polar surface area (TPSA) is 29.3 Å². The maximum Gasteiger partial charge on any atom is 0.0523 e. The summed E-state index contributed by atoms with van der Waals surface area (Å²) in [5.41, 5.74) is 8.65. The quantitative estimate of drug-likeness (QED) is 0.906. The molecule has 0 amide bonds. The molecule has 1 unspecified atom stereocenters. The minimum atomic E-state index is 0.599. The maximum atomic E-state index is 5.77. The third kappa shape index (κ3) is 2.60. The predicted molar refractivity (Wildman–Crippen MR) is 87.6 cm³/mol. The van der Waals surface area contributed by atoms with Gasteiger partial charge in [0, 0.05) is 27.9 Å². The Morgan fingerprint density at radius 3 is 2.75 bits per heavy atom. The first-order valence-corrected chi connectivity index (χ1v) is 8.25. The van der Waals surface area contributed by atoms with Gasteiger partial charge in [0.05, 0.1) is 6.54 Å². The highest BCUT2D eigenvalue weighted by molar-refractivity contribution is 7.12. The van der Waals surface area contributed by atoms with E-state index in [0.29, 0.717) is 5.92 Å². The summed E-state index contributed by atoms with van der Waals surface area (Å²) < 4.78 is 0. The van der Waals surface area contributed by atoms with E-state index in [1.807, 2.05) is 11.3 Å². The van der Waals surface area contributed by atoms with Crippen LogP contribution in [0, 0.1) is 0 Å². The van der Waals surface area contributed by atoms with Crippen molar-refractivity contribution in [3.63, 3.8) is 0 Å². The monoisotopic (exact) mass is 286 g/mol. The van der Waals surface area contributed by atoms with Crippen molar-refractivity contribution in [2.45, 2.75) is 32.2 Å². The molecule has 1 aliphatic rings. The van der Waals surface area contributed by atoms with Gasteiger partial charge in [-0.25, -0.2) is 0 Å². The Labute approximate surface area is 125 Å².